The molecule has 0 spiro atoms. The van der Waals surface area contributed by atoms with Crippen LogP contribution in [0.3, 0.4) is 0 Å². The molecule has 3 unspecified atom stereocenters. The number of nitrogens with one attached hydrogen (secondary N) is 1. The molecule has 1 N–H and O–H groups in total. The summed E-state index contributed by atoms with van der Waals surface area (Å²) < 4.78 is 31.2. The minimum Gasteiger partial charge on any atom is -0.497 e. The third kappa shape index (κ3) is 8.08. The summed E-state index contributed by atoms with van der Waals surface area (Å²) in [5, 5.41) is 3.63. The first-order valence-corrected chi connectivity index (χ1v) is 13.4. The number of aromatic nitrogens is 2. The van der Waals surface area contributed by atoms with E-state index in [2.05, 4.69) is 15.0 Å². The van der Waals surface area contributed by atoms with Crippen LogP contribution in [0, 0.1) is 0 Å². The first-order valence-electron chi connectivity index (χ1n) is 13.4. The van der Waals surface area contributed by atoms with Gasteiger partial charge in [-0.3, -0.25) is 19.1 Å². The maximum Gasteiger partial charge on any atom is 0.330 e. The molecule has 0 radical (unpaired) electrons. The van der Waals surface area contributed by atoms with E-state index in [9.17, 15) is 14.4 Å². The Morgan fingerprint density at radius 2 is 1.81 bits per heavy atom. The number of carbonyl (C=O) groups excluding carboxylic acids is 1. The van der Waals surface area contributed by atoms with E-state index in [4.69, 9.17) is 29.2 Å². The fourth-order valence-corrected chi connectivity index (χ4v) is 4.76. The van der Waals surface area contributed by atoms with Gasteiger partial charge >= 0.3 is 11.7 Å². The van der Waals surface area contributed by atoms with Gasteiger partial charge in [0.05, 0.1) is 26.4 Å². The minimum absolute atomic E-state index is 0.129. The lowest BCUT2D eigenvalue weighted by Crippen LogP contribution is -2.44. The molecule has 0 amide bonds. The van der Waals surface area contributed by atoms with Crippen molar-refractivity contribution in [2.75, 3.05) is 13.7 Å². The van der Waals surface area contributed by atoms with Crippen molar-refractivity contribution in [1.82, 2.24) is 9.55 Å². The average molecular weight is 580 g/mol. The molecule has 1 aromatic heterocycles. The standard InChI is InChI=1S/C29H33N5O8/c1-19(35)41-27-26(40-18-21-10-12-22(38-2)13-11-21)25(42-28(27)34-16-14-24(36)32-29(34)37)23(9-6-15-31-33-30)39-17-20-7-4-3-5-8-20/h3-5,7-8,10-14,16,23,25-28H,6,9,15,17-18H2,1-2H3,(H,32,36,37)/t23?,25-,26?,27?,28-/m1/s1. The van der Waals surface area contributed by atoms with Gasteiger partial charge in [-0.25, -0.2) is 4.79 Å². The molecule has 5 atom stereocenters. The maximum atomic E-state index is 12.8. The number of hydrogen-bond donors (Lipinski definition) is 1. The molecule has 13 heteroatoms. The van der Waals surface area contributed by atoms with Gasteiger partial charge in [0, 0.05) is 30.6 Å². The largest absolute Gasteiger partial charge is 0.497 e. The third-order valence-electron chi connectivity index (χ3n) is 6.74. The molecule has 3 aromatic rings. The molecule has 1 aliphatic heterocycles. The van der Waals surface area contributed by atoms with Crippen molar-refractivity contribution in [3.63, 3.8) is 0 Å². The highest BCUT2D eigenvalue weighted by Crippen LogP contribution is 2.37. The zero-order chi connectivity index (χ0) is 29.9. The van der Waals surface area contributed by atoms with Crippen molar-refractivity contribution in [2.24, 2.45) is 5.11 Å². The van der Waals surface area contributed by atoms with Gasteiger partial charge in [0.25, 0.3) is 5.56 Å². The van der Waals surface area contributed by atoms with Crippen molar-refractivity contribution >= 4 is 5.97 Å². The first kappa shape index (κ1) is 30.5. The summed E-state index contributed by atoms with van der Waals surface area (Å²) in [5.41, 5.74) is 9.18. The highest BCUT2D eigenvalue weighted by molar-refractivity contribution is 5.66. The molecule has 0 saturated carbocycles. The van der Waals surface area contributed by atoms with Gasteiger partial charge in [0.2, 0.25) is 0 Å². The van der Waals surface area contributed by atoms with Gasteiger partial charge in [-0.05, 0) is 41.6 Å². The number of rotatable bonds is 14. The topological polar surface area (TPSA) is 167 Å². The second-order valence-electron chi connectivity index (χ2n) is 9.64. The van der Waals surface area contributed by atoms with Crippen LogP contribution in [0.15, 0.2) is 81.6 Å². The fourth-order valence-electron chi connectivity index (χ4n) is 4.76. The molecule has 1 fully saturated rings. The second-order valence-corrected chi connectivity index (χ2v) is 9.64. The van der Waals surface area contributed by atoms with E-state index >= 15 is 0 Å². The van der Waals surface area contributed by atoms with Crippen LogP contribution < -0.4 is 16.0 Å². The maximum absolute atomic E-state index is 12.8. The Morgan fingerprint density at radius 3 is 2.48 bits per heavy atom. The smallest absolute Gasteiger partial charge is 0.330 e. The van der Waals surface area contributed by atoms with Crippen LogP contribution in [0.4, 0.5) is 0 Å². The molecule has 4 rings (SSSR count). The highest BCUT2D eigenvalue weighted by Gasteiger charge is 2.52. The van der Waals surface area contributed by atoms with Crippen LogP contribution >= 0.6 is 0 Å². The van der Waals surface area contributed by atoms with Crippen molar-refractivity contribution in [3.8, 4) is 5.75 Å². The van der Waals surface area contributed by atoms with Crippen LogP contribution in [0.2, 0.25) is 0 Å². The van der Waals surface area contributed by atoms with Crippen LogP contribution in [0.1, 0.15) is 37.1 Å². The number of methoxy groups -OCH3 is 1. The average Bonchev–Trinajstić information content (AvgIpc) is 3.33. The van der Waals surface area contributed by atoms with Crippen molar-refractivity contribution in [3.05, 3.63) is 109 Å². The van der Waals surface area contributed by atoms with Gasteiger partial charge in [-0.15, -0.1) is 0 Å². The number of azide groups is 1. The first-order chi connectivity index (χ1) is 20.4. The molecule has 0 bridgehead atoms. The summed E-state index contributed by atoms with van der Waals surface area (Å²) in [6.07, 6.45) is -2.30. The van der Waals surface area contributed by atoms with Crippen LogP contribution in [0.25, 0.3) is 10.4 Å². The Balaban J connectivity index is 1.69. The van der Waals surface area contributed by atoms with Gasteiger partial charge in [0.1, 0.15) is 18.0 Å². The summed E-state index contributed by atoms with van der Waals surface area (Å²) in [5.74, 6) is 0.0837. The number of aromatic amines is 1. The summed E-state index contributed by atoms with van der Waals surface area (Å²) >= 11 is 0. The lowest BCUT2D eigenvalue weighted by molar-refractivity contribution is -0.158. The minimum atomic E-state index is -1.12. The van der Waals surface area contributed by atoms with Gasteiger partial charge in [-0.1, -0.05) is 47.6 Å². The second kappa shape index (κ2) is 15.0. The number of ether oxygens (including phenoxy) is 5. The lowest BCUT2D eigenvalue weighted by Gasteiger charge is -2.29. The van der Waals surface area contributed by atoms with Crippen molar-refractivity contribution in [1.29, 1.82) is 0 Å². The number of carbonyl (C=O) groups is 1. The summed E-state index contributed by atoms with van der Waals surface area (Å²) in [6, 6.07) is 18.0. The van der Waals surface area contributed by atoms with Crippen molar-refractivity contribution in [2.45, 2.75) is 63.6 Å². The normalized spacial score (nSPS) is 20.4. The zero-order valence-corrected chi connectivity index (χ0v) is 23.3. The molecule has 13 nitrogen and oxygen atoms in total. The number of benzene rings is 2. The van der Waals surface area contributed by atoms with E-state index in [0.29, 0.717) is 18.6 Å². The van der Waals surface area contributed by atoms with Crippen molar-refractivity contribution < 1.29 is 28.5 Å². The monoisotopic (exact) mass is 579 g/mol. The SMILES string of the molecule is COc1ccc(COC2C(OC(C)=O)[C@H](n3ccc(=O)[nH]c3=O)O[C@@H]2C(CCCN=[N+]=[N-])OCc2ccccc2)cc1. The molecule has 0 aliphatic carbocycles. The Hall–Kier alpha value is -4.42. The van der Waals surface area contributed by atoms with Crippen LogP contribution in [0.5, 0.6) is 5.75 Å². The predicted molar refractivity (Wildman–Crippen MR) is 151 cm³/mol. The van der Waals surface area contributed by atoms with E-state index in [1.807, 2.05) is 42.5 Å². The van der Waals surface area contributed by atoms with Crippen LogP contribution in [-0.4, -0.2) is 53.6 Å². The number of nitrogens with zero attached hydrogens (tertiary/aromatic N) is 4. The number of hydrogen-bond acceptors (Lipinski definition) is 9. The van der Waals surface area contributed by atoms with Gasteiger partial charge in [0.15, 0.2) is 12.3 Å². The number of esters is 1. The predicted octanol–water partition coefficient (Wildman–Crippen LogP) is 3.64. The molecule has 42 heavy (non-hydrogen) atoms. The fraction of sp³-hybridized carbons (Fsp3) is 0.414. The number of H-pyrrole nitrogens is 1. The van der Waals surface area contributed by atoms with E-state index < -0.39 is 47.9 Å². The van der Waals surface area contributed by atoms with Gasteiger partial charge < -0.3 is 23.7 Å². The van der Waals surface area contributed by atoms with E-state index in [0.717, 1.165) is 15.7 Å². The lowest BCUT2D eigenvalue weighted by atomic mass is 10.0. The quantitative estimate of drug-likeness (QED) is 0.0993. The van der Waals surface area contributed by atoms with E-state index in [1.165, 1.54) is 19.2 Å². The molecule has 1 aliphatic rings. The molecule has 2 heterocycles. The third-order valence-corrected chi connectivity index (χ3v) is 6.74. The van der Waals surface area contributed by atoms with Gasteiger partial charge in [-0.2, -0.15) is 0 Å². The molecular formula is C29H33N5O8. The molecule has 1 saturated heterocycles. The Morgan fingerprint density at radius 1 is 1.07 bits per heavy atom. The Labute approximate surface area is 241 Å². The summed E-state index contributed by atoms with van der Waals surface area (Å²) in [7, 11) is 1.58. The van der Waals surface area contributed by atoms with E-state index in [1.54, 1.807) is 19.2 Å². The molecule has 222 valence electrons. The highest BCUT2D eigenvalue weighted by atomic mass is 16.6. The Bertz CT molecular complexity index is 1470. The molecule has 2 aromatic carbocycles. The molecular weight excluding hydrogens is 546 g/mol. The van der Waals surface area contributed by atoms with E-state index in [-0.39, 0.29) is 19.8 Å². The zero-order valence-electron chi connectivity index (χ0n) is 23.3. The summed E-state index contributed by atoms with van der Waals surface area (Å²) in [4.78, 5) is 41.9. The summed E-state index contributed by atoms with van der Waals surface area (Å²) in [6.45, 7) is 1.87. The Kier molecular flexibility index (Phi) is 10.9. The van der Waals surface area contributed by atoms with Crippen LogP contribution in [-0.2, 0) is 37.0 Å².